The third-order valence-corrected chi connectivity index (χ3v) is 3.92. The van der Waals surface area contributed by atoms with Gasteiger partial charge in [0.1, 0.15) is 12.6 Å². The van der Waals surface area contributed by atoms with E-state index in [0.29, 0.717) is 6.42 Å². The molecule has 2 amide bonds. The molecule has 1 aromatic carbocycles. The van der Waals surface area contributed by atoms with Crippen LogP contribution in [0.25, 0.3) is 0 Å². The number of carbonyl (C=O) groups excluding carboxylic acids is 2. The summed E-state index contributed by atoms with van der Waals surface area (Å²) in [7, 11) is 1.52. The minimum absolute atomic E-state index is 0.0459. The van der Waals surface area contributed by atoms with E-state index in [9.17, 15) is 19.5 Å². The second kappa shape index (κ2) is 7.62. The van der Waals surface area contributed by atoms with Gasteiger partial charge in [-0.15, -0.1) is 0 Å². The molecule has 2 rings (SSSR count). The van der Waals surface area contributed by atoms with Crippen LogP contribution in [-0.4, -0.2) is 47.6 Å². The van der Waals surface area contributed by atoms with Crippen LogP contribution in [0.3, 0.4) is 0 Å². The van der Waals surface area contributed by atoms with Crippen LogP contribution in [0.2, 0.25) is 0 Å². The standard InChI is InChI=1S/C16H20N2O5/c1-17-14(19)12-7-8-13(15(20)21)18(9-12)16(22)23-10-11-5-3-2-4-6-11/h2-6,12-13H,7-10H2,1H3,(H,17,19)(H,20,21). The molecule has 0 radical (unpaired) electrons. The van der Waals surface area contributed by atoms with Crippen molar-refractivity contribution in [1.29, 1.82) is 0 Å². The lowest BCUT2D eigenvalue weighted by Crippen LogP contribution is -2.53. The fourth-order valence-corrected chi connectivity index (χ4v) is 2.65. The zero-order valence-corrected chi connectivity index (χ0v) is 12.9. The molecule has 124 valence electrons. The van der Waals surface area contributed by atoms with E-state index in [1.807, 2.05) is 30.3 Å². The number of benzene rings is 1. The monoisotopic (exact) mass is 320 g/mol. The van der Waals surface area contributed by atoms with Crippen molar-refractivity contribution < 1.29 is 24.2 Å². The van der Waals surface area contributed by atoms with E-state index < -0.39 is 24.0 Å². The molecule has 2 unspecified atom stereocenters. The van der Waals surface area contributed by atoms with Crippen LogP contribution in [0, 0.1) is 5.92 Å². The summed E-state index contributed by atoms with van der Waals surface area (Å²) in [6.45, 7) is 0.109. The summed E-state index contributed by atoms with van der Waals surface area (Å²) in [5, 5.41) is 11.8. The summed E-state index contributed by atoms with van der Waals surface area (Å²) in [6.07, 6.45) is -0.0534. The highest BCUT2D eigenvalue weighted by Gasteiger charge is 2.39. The highest BCUT2D eigenvalue weighted by Crippen LogP contribution is 2.23. The van der Waals surface area contributed by atoms with Crippen LogP contribution in [0.5, 0.6) is 0 Å². The van der Waals surface area contributed by atoms with Crippen molar-refractivity contribution in [2.75, 3.05) is 13.6 Å². The first-order chi connectivity index (χ1) is 11.0. The van der Waals surface area contributed by atoms with E-state index in [2.05, 4.69) is 5.32 Å². The average molecular weight is 320 g/mol. The van der Waals surface area contributed by atoms with Gasteiger partial charge in [0, 0.05) is 13.6 Å². The summed E-state index contributed by atoms with van der Waals surface area (Å²) in [6, 6.07) is 8.16. The normalized spacial score (nSPS) is 20.7. The Bertz CT molecular complexity index is 575. The van der Waals surface area contributed by atoms with Crippen LogP contribution in [-0.2, 0) is 20.9 Å². The Morgan fingerprint density at radius 1 is 1.26 bits per heavy atom. The van der Waals surface area contributed by atoms with Gasteiger partial charge in [0.15, 0.2) is 0 Å². The fourth-order valence-electron chi connectivity index (χ4n) is 2.65. The Kier molecular flexibility index (Phi) is 5.56. The third kappa shape index (κ3) is 4.21. The highest BCUT2D eigenvalue weighted by atomic mass is 16.6. The predicted octanol–water partition coefficient (Wildman–Crippen LogP) is 1.23. The van der Waals surface area contributed by atoms with Crippen molar-refractivity contribution in [1.82, 2.24) is 10.2 Å². The number of ether oxygens (including phenoxy) is 1. The van der Waals surface area contributed by atoms with E-state index in [-0.39, 0.29) is 25.5 Å². The summed E-state index contributed by atoms with van der Waals surface area (Å²) >= 11 is 0. The first kappa shape index (κ1) is 16.8. The molecular formula is C16H20N2O5. The summed E-state index contributed by atoms with van der Waals surface area (Å²) < 4.78 is 5.20. The Hall–Kier alpha value is -2.57. The van der Waals surface area contributed by atoms with Gasteiger partial charge in [0.25, 0.3) is 0 Å². The average Bonchev–Trinajstić information content (AvgIpc) is 2.59. The zero-order valence-electron chi connectivity index (χ0n) is 12.9. The van der Waals surface area contributed by atoms with Gasteiger partial charge >= 0.3 is 12.1 Å². The SMILES string of the molecule is CNC(=O)C1CCC(C(=O)O)N(C(=O)OCc2ccccc2)C1. The quantitative estimate of drug-likeness (QED) is 0.870. The van der Waals surface area contributed by atoms with Crippen molar-refractivity contribution in [3.63, 3.8) is 0 Å². The van der Waals surface area contributed by atoms with E-state index in [0.717, 1.165) is 10.5 Å². The highest BCUT2D eigenvalue weighted by molar-refractivity contribution is 5.83. The van der Waals surface area contributed by atoms with E-state index in [4.69, 9.17) is 4.74 Å². The first-order valence-corrected chi connectivity index (χ1v) is 7.44. The number of likely N-dealkylation sites (tertiary alicyclic amines) is 1. The maximum absolute atomic E-state index is 12.3. The molecule has 1 aliphatic rings. The van der Waals surface area contributed by atoms with Crippen LogP contribution >= 0.6 is 0 Å². The predicted molar refractivity (Wildman–Crippen MR) is 81.5 cm³/mol. The maximum atomic E-state index is 12.3. The molecule has 1 heterocycles. The lowest BCUT2D eigenvalue weighted by atomic mass is 9.92. The van der Waals surface area contributed by atoms with E-state index in [1.165, 1.54) is 7.05 Å². The molecular weight excluding hydrogens is 300 g/mol. The number of nitrogens with zero attached hydrogens (tertiary/aromatic N) is 1. The van der Waals surface area contributed by atoms with Gasteiger partial charge in [-0.3, -0.25) is 9.69 Å². The number of rotatable bonds is 4. The molecule has 0 aliphatic carbocycles. The lowest BCUT2D eigenvalue weighted by Gasteiger charge is -2.35. The number of amides is 2. The summed E-state index contributed by atoms with van der Waals surface area (Å²) in [5.74, 6) is -1.70. The molecule has 0 saturated carbocycles. The molecule has 1 saturated heterocycles. The van der Waals surface area contributed by atoms with Crippen LogP contribution in [0.1, 0.15) is 18.4 Å². The molecule has 7 nitrogen and oxygen atoms in total. The number of piperidine rings is 1. The van der Waals surface area contributed by atoms with Gasteiger partial charge in [-0.1, -0.05) is 30.3 Å². The van der Waals surface area contributed by atoms with Crippen molar-refractivity contribution in [2.45, 2.75) is 25.5 Å². The van der Waals surface area contributed by atoms with Crippen molar-refractivity contribution >= 4 is 18.0 Å². The minimum atomic E-state index is -1.09. The molecule has 2 atom stereocenters. The van der Waals surface area contributed by atoms with E-state index in [1.54, 1.807) is 0 Å². The number of carbonyl (C=O) groups is 3. The zero-order chi connectivity index (χ0) is 16.8. The number of nitrogens with one attached hydrogen (secondary N) is 1. The fraction of sp³-hybridized carbons (Fsp3) is 0.438. The van der Waals surface area contributed by atoms with Crippen molar-refractivity contribution in [3.8, 4) is 0 Å². The minimum Gasteiger partial charge on any atom is -0.480 e. The molecule has 1 aliphatic heterocycles. The smallest absolute Gasteiger partial charge is 0.410 e. The van der Waals surface area contributed by atoms with Gasteiger partial charge in [0.2, 0.25) is 5.91 Å². The van der Waals surface area contributed by atoms with E-state index >= 15 is 0 Å². The number of aliphatic carboxylic acids is 1. The second-order valence-corrected chi connectivity index (χ2v) is 5.44. The summed E-state index contributed by atoms with van der Waals surface area (Å²) in [4.78, 5) is 36.5. The Labute approximate surface area is 134 Å². The number of carboxylic acid groups (broad SMARTS) is 1. The molecule has 0 aromatic heterocycles. The molecule has 1 fully saturated rings. The Morgan fingerprint density at radius 2 is 1.96 bits per heavy atom. The van der Waals surface area contributed by atoms with Crippen molar-refractivity contribution in [2.24, 2.45) is 5.92 Å². The van der Waals surface area contributed by atoms with Crippen LogP contribution in [0.15, 0.2) is 30.3 Å². The molecule has 1 aromatic rings. The Balaban J connectivity index is 2.03. The Morgan fingerprint density at radius 3 is 2.57 bits per heavy atom. The largest absolute Gasteiger partial charge is 0.480 e. The molecule has 2 N–H and O–H groups in total. The molecule has 0 spiro atoms. The van der Waals surface area contributed by atoms with Gasteiger partial charge in [0.05, 0.1) is 5.92 Å². The van der Waals surface area contributed by atoms with Crippen LogP contribution in [0.4, 0.5) is 4.79 Å². The number of carboxylic acids is 1. The second-order valence-electron chi connectivity index (χ2n) is 5.44. The van der Waals surface area contributed by atoms with Gasteiger partial charge in [-0.2, -0.15) is 0 Å². The molecule has 23 heavy (non-hydrogen) atoms. The van der Waals surface area contributed by atoms with Gasteiger partial charge in [-0.25, -0.2) is 9.59 Å². The number of hydrogen-bond acceptors (Lipinski definition) is 4. The van der Waals surface area contributed by atoms with Crippen LogP contribution < -0.4 is 5.32 Å². The third-order valence-electron chi connectivity index (χ3n) is 3.92. The van der Waals surface area contributed by atoms with Gasteiger partial charge < -0.3 is 15.2 Å². The number of hydrogen-bond donors (Lipinski definition) is 2. The van der Waals surface area contributed by atoms with Gasteiger partial charge in [-0.05, 0) is 18.4 Å². The lowest BCUT2D eigenvalue weighted by molar-refractivity contribution is -0.146. The molecule has 7 heteroatoms. The molecule has 0 bridgehead atoms. The topological polar surface area (TPSA) is 95.9 Å². The summed E-state index contributed by atoms with van der Waals surface area (Å²) in [5.41, 5.74) is 0.813. The first-order valence-electron chi connectivity index (χ1n) is 7.44. The maximum Gasteiger partial charge on any atom is 0.410 e. The van der Waals surface area contributed by atoms with Crippen molar-refractivity contribution in [3.05, 3.63) is 35.9 Å².